The van der Waals surface area contributed by atoms with E-state index in [9.17, 15) is 0 Å². The summed E-state index contributed by atoms with van der Waals surface area (Å²) < 4.78 is 0. The Morgan fingerprint density at radius 2 is 0.810 bits per heavy atom. The molecule has 8 rings (SSSR count). The summed E-state index contributed by atoms with van der Waals surface area (Å²) >= 11 is 0. The molecule has 0 bridgehead atoms. The molecule has 0 N–H and O–H groups in total. The molecule has 0 unspecified atom stereocenters. The predicted octanol–water partition coefficient (Wildman–Crippen LogP) is 9.39. The minimum atomic E-state index is 0.718. The predicted molar refractivity (Wildman–Crippen MR) is 172 cm³/mol. The number of para-hydroxylation sites is 2. The van der Waals surface area contributed by atoms with Crippen LogP contribution in [0.1, 0.15) is 0 Å². The van der Waals surface area contributed by atoms with E-state index in [2.05, 4.69) is 84.9 Å². The summed E-state index contributed by atoms with van der Waals surface area (Å²) in [6.45, 7) is 0. The number of fused-ring (bicyclic) bond motifs is 3. The van der Waals surface area contributed by atoms with E-state index in [-0.39, 0.29) is 0 Å². The number of hydrogen-bond acceptors (Lipinski definition) is 4. The Balaban J connectivity index is 1.28. The van der Waals surface area contributed by atoms with Crippen molar-refractivity contribution in [3.8, 4) is 45.3 Å². The number of aromatic nitrogens is 4. The van der Waals surface area contributed by atoms with E-state index < -0.39 is 0 Å². The summed E-state index contributed by atoms with van der Waals surface area (Å²) in [6.07, 6.45) is 0. The fourth-order valence-corrected chi connectivity index (χ4v) is 5.64. The van der Waals surface area contributed by atoms with E-state index in [1.54, 1.807) is 0 Å². The van der Waals surface area contributed by atoms with Gasteiger partial charge in [-0.25, -0.2) is 19.9 Å². The van der Waals surface area contributed by atoms with Gasteiger partial charge in [-0.1, -0.05) is 133 Å². The Labute approximate surface area is 243 Å². The molecule has 0 saturated carbocycles. The highest BCUT2D eigenvalue weighted by Gasteiger charge is 2.15. The average Bonchev–Trinajstić information content (AvgIpc) is 3.07. The Hall–Kier alpha value is -5.74. The van der Waals surface area contributed by atoms with Gasteiger partial charge in [0.15, 0.2) is 11.6 Å². The van der Waals surface area contributed by atoms with Gasteiger partial charge in [0.2, 0.25) is 0 Å². The second-order valence-electron chi connectivity index (χ2n) is 10.3. The largest absolute Gasteiger partial charge is 0.228 e. The van der Waals surface area contributed by atoms with Crippen molar-refractivity contribution in [1.29, 1.82) is 0 Å². The van der Waals surface area contributed by atoms with Gasteiger partial charge in [-0.2, -0.15) is 0 Å². The molecule has 8 aromatic rings. The number of benzene rings is 6. The maximum atomic E-state index is 5.16. The molecule has 42 heavy (non-hydrogen) atoms. The second-order valence-corrected chi connectivity index (χ2v) is 10.3. The van der Waals surface area contributed by atoms with Crippen molar-refractivity contribution in [1.82, 2.24) is 19.9 Å². The lowest BCUT2D eigenvalue weighted by atomic mass is 10.0. The molecule has 2 aromatic heterocycles. The zero-order valence-corrected chi connectivity index (χ0v) is 22.6. The summed E-state index contributed by atoms with van der Waals surface area (Å²) in [6, 6.07) is 49.7. The van der Waals surface area contributed by atoms with Crippen molar-refractivity contribution in [3.63, 3.8) is 0 Å². The molecule has 196 valence electrons. The van der Waals surface area contributed by atoms with E-state index in [4.69, 9.17) is 19.9 Å². The second kappa shape index (κ2) is 10.0. The van der Waals surface area contributed by atoms with Crippen LogP contribution >= 0.6 is 0 Å². The zero-order valence-electron chi connectivity index (χ0n) is 22.6. The van der Waals surface area contributed by atoms with Gasteiger partial charge >= 0.3 is 0 Å². The summed E-state index contributed by atoms with van der Waals surface area (Å²) in [5.41, 5.74) is 7.74. The Morgan fingerprint density at radius 3 is 1.48 bits per heavy atom. The molecule has 4 heteroatoms. The minimum Gasteiger partial charge on any atom is -0.228 e. The van der Waals surface area contributed by atoms with Crippen LogP contribution in [0.5, 0.6) is 0 Å². The molecule has 2 heterocycles. The normalized spacial score (nSPS) is 11.3. The molecule has 0 atom stereocenters. The number of nitrogens with zero attached hydrogens (tertiary/aromatic N) is 4. The third-order valence-electron chi connectivity index (χ3n) is 7.70. The molecule has 0 fully saturated rings. The molecule has 0 aliphatic heterocycles. The van der Waals surface area contributed by atoms with Crippen LogP contribution in [0.4, 0.5) is 0 Å². The van der Waals surface area contributed by atoms with Crippen LogP contribution in [0.15, 0.2) is 146 Å². The minimum absolute atomic E-state index is 0.718. The monoisotopic (exact) mass is 536 g/mol. The first-order chi connectivity index (χ1) is 20.8. The van der Waals surface area contributed by atoms with Gasteiger partial charge in [0.05, 0.1) is 22.4 Å². The fourth-order valence-electron chi connectivity index (χ4n) is 5.64. The number of rotatable bonds is 4. The fraction of sp³-hybridized carbons (Fsp3) is 0. The molecule has 0 aliphatic carbocycles. The first-order valence-corrected chi connectivity index (χ1v) is 14.0. The van der Waals surface area contributed by atoms with E-state index >= 15 is 0 Å². The third kappa shape index (κ3) is 4.18. The summed E-state index contributed by atoms with van der Waals surface area (Å²) in [7, 11) is 0. The molecule has 0 aliphatic rings. The summed E-state index contributed by atoms with van der Waals surface area (Å²) in [5.74, 6) is 1.44. The summed E-state index contributed by atoms with van der Waals surface area (Å²) in [5, 5.41) is 4.36. The molecular formula is C38H24N4. The highest BCUT2D eigenvalue weighted by atomic mass is 14.9. The van der Waals surface area contributed by atoms with E-state index in [0.717, 1.165) is 72.5 Å². The smallest absolute Gasteiger partial charge is 0.161 e. The van der Waals surface area contributed by atoms with Crippen LogP contribution in [-0.2, 0) is 0 Å². The van der Waals surface area contributed by atoms with Crippen molar-refractivity contribution in [3.05, 3.63) is 146 Å². The van der Waals surface area contributed by atoms with Gasteiger partial charge in [0.25, 0.3) is 0 Å². The molecule has 0 amide bonds. The van der Waals surface area contributed by atoms with Gasteiger partial charge in [-0.3, -0.25) is 0 Å². The Kier molecular flexibility index (Phi) is 5.75. The van der Waals surface area contributed by atoms with Crippen LogP contribution in [0.2, 0.25) is 0 Å². The molecule has 4 nitrogen and oxygen atoms in total. The van der Waals surface area contributed by atoms with Gasteiger partial charge in [0.1, 0.15) is 0 Å². The first kappa shape index (κ1) is 24.1. The van der Waals surface area contributed by atoms with Gasteiger partial charge in [-0.05, 0) is 22.9 Å². The maximum absolute atomic E-state index is 5.16. The highest BCUT2D eigenvalue weighted by Crippen LogP contribution is 2.34. The van der Waals surface area contributed by atoms with E-state index in [0.29, 0.717) is 0 Å². The lowest BCUT2D eigenvalue weighted by Gasteiger charge is -2.12. The molecule has 0 spiro atoms. The SMILES string of the molecule is c1ccc(-c2nc(-c3ccc(-c4nc(-c5cccc6ccccc56)nc5ccccc45)cc3)c3ccccc3n2)cc1. The maximum Gasteiger partial charge on any atom is 0.161 e. The van der Waals surface area contributed by atoms with Crippen LogP contribution in [0.25, 0.3) is 77.9 Å². The van der Waals surface area contributed by atoms with Crippen molar-refractivity contribution < 1.29 is 0 Å². The van der Waals surface area contributed by atoms with Crippen molar-refractivity contribution >= 4 is 32.6 Å². The van der Waals surface area contributed by atoms with Crippen molar-refractivity contribution in [2.75, 3.05) is 0 Å². The molecule has 6 aromatic carbocycles. The van der Waals surface area contributed by atoms with E-state index in [1.165, 1.54) is 5.39 Å². The van der Waals surface area contributed by atoms with Crippen molar-refractivity contribution in [2.45, 2.75) is 0 Å². The van der Waals surface area contributed by atoms with Crippen LogP contribution < -0.4 is 0 Å². The van der Waals surface area contributed by atoms with Crippen molar-refractivity contribution in [2.24, 2.45) is 0 Å². The topological polar surface area (TPSA) is 51.6 Å². The standard InChI is InChI=1S/C38H24N4/c1-2-12-28(13-3-1)37-39-33-19-8-6-16-31(33)35(41-37)26-21-23-27(24-22-26)36-32-17-7-9-20-34(32)40-38(42-36)30-18-10-14-25-11-4-5-15-29(25)30/h1-24H. The average molecular weight is 537 g/mol. The molecular weight excluding hydrogens is 512 g/mol. The van der Waals surface area contributed by atoms with Crippen LogP contribution in [0.3, 0.4) is 0 Å². The molecule has 0 saturated heterocycles. The lowest BCUT2D eigenvalue weighted by molar-refractivity contribution is 1.23. The zero-order chi connectivity index (χ0) is 27.9. The number of hydrogen-bond donors (Lipinski definition) is 0. The third-order valence-corrected chi connectivity index (χ3v) is 7.70. The highest BCUT2D eigenvalue weighted by molar-refractivity contribution is 5.99. The Morgan fingerprint density at radius 1 is 0.310 bits per heavy atom. The molecule has 0 radical (unpaired) electrons. The lowest BCUT2D eigenvalue weighted by Crippen LogP contribution is -1.97. The quantitative estimate of drug-likeness (QED) is 0.225. The van der Waals surface area contributed by atoms with E-state index in [1.807, 2.05) is 60.7 Å². The van der Waals surface area contributed by atoms with Crippen LogP contribution in [0, 0.1) is 0 Å². The Bertz CT molecular complexity index is 2230. The first-order valence-electron chi connectivity index (χ1n) is 14.0. The van der Waals surface area contributed by atoms with Gasteiger partial charge in [-0.15, -0.1) is 0 Å². The van der Waals surface area contributed by atoms with Crippen LogP contribution in [-0.4, -0.2) is 19.9 Å². The van der Waals surface area contributed by atoms with Gasteiger partial charge < -0.3 is 0 Å². The summed E-state index contributed by atoms with van der Waals surface area (Å²) in [4.78, 5) is 20.1. The van der Waals surface area contributed by atoms with Gasteiger partial charge in [0, 0.05) is 33.0 Å².